The number of carbonyl (C=O) groups excluding carboxylic acids is 3. The van der Waals surface area contributed by atoms with Crippen LogP contribution in [0, 0.1) is 12.8 Å². The number of ether oxygens (including phenoxy) is 1. The maximum atomic E-state index is 12.6. The molecule has 0 saturated carbocycles. The summed E-state index contributed by atoms with van der Waals surface area (Å²) in [6, 6.07) is 4.53. The van der Waals surface area contributed by atoms with Crippen LogP contribution in [0.3, 0.4) is 0 Å². The first-order valence-corrected chi connectivity index (χ1v) is 9.10. The van der Waals surface area contributed by atoms with Crippen molar-refractivity contribution >= 4 is 35.8 Å². The van der Waals surface area contributed by atoms with E-state index in [1.807, 2.05) is 20.8 Å². The molecule has 0 bridgehead atoms. The Morgan fingerprint density at radius 2 is 1.86 bits per heavy atom. The van der Waals surface area contributed by atoms with Crippen molar-refractivity contribution < 1.29 is 19.1 Å². The molecule has 28 heavy (non-hydrogen) atoms. The summed E-state index contributed by atoms with van der Waals surface area (Å²) in [5.41, 5.74) is 7.62. The second-order valence-electron chi connectivity index (χ2n) is 6.97. The van der Waals surface area contributed by atoms with Gasteiger partial charge in [-0.2, -0.15) is 0 Å². The number of anilines is 1. The molecule has 1 aromatic carbocycles. The van der Waals surface area contributed by atoms with Gasteiger partial charge < -0.3 is 26.0 Å². The summed E-state index contributed by atoms with van der Waals surface area (Å²) in [5.74, 6) is -0.852. The molecule has 0 aliphatic carbocycles. The lowest BCUT2D eigenvalue weighted by Crippen LogP contribution is -2.46. The van der Waals surface area contributed by atoms with Gasteiger partial charge in [0.2, 0.25) is 11.8 Å². The van der Waals surface area contributed by atoms with Crippen molar-refractivity contribution in [3.8, 4) is 0 Å². The summed E-state index contributed by atoms with van der Waals surface area (Å²) >= 11 is 0. The third kappa shape index (κ3) is 6.47. The van der Waals surface area contributed by atoms with Gasteiger partial charge in [0.1, 0.15) is 0 Å². The fourth-order valence-corrected chi connectivity index (χ4v) is 2.62. The van der Waals surface area contributed by atoms with Crippen LogP contribution < -0.4 is 16.4 Å². The number of hydrogen-bond acceptors (Lipinski definition) is 5. The van der Waals surface area contributed by atoms with E-state index in [1.165, 1.54) is 0 Å². The van der Waals surface area contributed by atoms with Crippen LogP contribution in [0.1, 0.15) is 29.8 Å². The van der Waals surface area contributed by atoms with E-state index < -0.39 is 6.04 Å². The number of hydrogen-bond donors (Lipinski definition) is 3. The predicted octanol–water partition coefficient (Wildman–Crippen LogP) is 0.927. The molecule has 1 saturated heterocycles. The second-order valence-corrected chi connectivity index (χ2v) is 6.97. The molecule has 156 valence electrons. The fourth-order valence-electron chi connectivity index (χ4n) is 2.62. The highest BCUT2D eigenvalue weighted by Crippen LogP contribution is 2.18. The van der Waals surface area contributed by atoms with Gasteiger partial charge in [0, 0.05) is 24.3 Å². The number of benzene rings is 1. The number of rotatable bonds is 6. The van der Waals surface area contributed by atoms with Gasteiger partial charge in [-0.3, -0.25) is 14.4 Å². The number of amides is 3. The molecule has 1 aliphatic heterocycles. The Morgan fingerprint density at radius 3 is 2.46 bits per heavy atom. The fraction of sp³-hybridized carbons (Fsp3) is 0.526. The number of carbonyl (C=O) groups is 3. The van der Waals surface area contributed by atoms with Gasteiger partial charge in [0.25, 0.3) is 5.91 Å². The molecule has 4 N–H and O–H groups in total. The minimum Gasteiger partial charge on any atom is -0.378 e. The maximum Gasteiger partial charge on any atom is 0.254 e. The molecular weight excluding hydrogens is 384 g/mol. The van der Waals surface area contributed by atoms with Gasteiger partial charge in [-0.1, -0.05) is 19.9 Å². The maximum absolute atomic E-state index is 12.6. The molecular formula is C19H29ClN4O4. The Balaban J connectivity index is 0.00000392. The smallest absolute Gasteiger partial charge is 0.254 e. The third-order valence-corrected chi connectivity index (χ3v) is 4.50. The SMILES string of the molecule is Cc1ccc(C(=O)N2CCOCC2)cc1NC(=O)CNC(=O)[C@@H](N)C(C)C.Cl. The summed E-state index contributed by atoms with van der Waals surface area (Å²) < 4.78 is 5.26. The summed E-state index contributed by atoms with van der Waals surface area (Å²) in [6.45, 7) is 7.49. The Kier molecular flexibility index (Phi) is 9.37. The molecule has 9 heteroatoms. The summed E-state index contributed by atoms with van der Waals surface area (Å²) in [4.78, 5) is 38.3. The topological polar surface area (TPSA) is 114 Å². The number of nitrogens with zero attached hydrogens (tertiary/aromatic N) is 1. The van der Waals surface area contributed by atoms with Gasteiger partial charge in [-0.05, 0) is 30.5 Å². The third-order valence-electron chi connectivity index (χ3n) is 4.50. The Labute approximate surface area is 171 Å². The first kappa shape index (κ1) is 23.9. The first-order chi connectivity index (χ1) is 12.8. The normalized spacial score (nSPS) is 14.8. The number of halogens is 1. The van der Waals surface area contributed by atoms with Crippen LogP contribution in [0.15, 0.2) is 18.2 Å². The second kappa shape index (κ2) is 11.0. The summed E-state index contributed by atoms with van der Waals surface area (Å²) in [6.07, 6.45) is 0. The molecule has 0 aromatic heterocycles. The molecule has 1 fully saturated rings. The van der Waals surface area contributed by atoms with Gasteiger partial charge in [-0.25, -0.2) is 0 Å². The van der Waals surface area contributed by atoms with E-state index in [0.717, 1.165) is 5.56 Å². The van der Waals surface area contributed by atoms with Crippen LogP contribution in [0.5, 0.6) is 0 Å². The molecule has 0 radical (unpaired) electrons. The van der Waals surface area contributed by atoms with Crippen LogP contribution in [-0.2, 0) is 14.3 Å². The highest BCUT2D eigenvalue weighted by atomic mass is 35.5. The van der Waals surface area contributed by atoms with E-state index in [1.54, 1.807) is 23.1 Å². The zero-order valence-electron chi connectivity index (χ0n) is 16.5. The summed E-state index contributed by atoms with van der Waals surface area (Å²) in [7, 11) is 0. The first-order valence-electron chi connectivity index (χ1n) is 9.10. The Morgan fingerprint density at radius 1 is 1.21 bits per heavy atom. The zero-order valence-corrected chi connectivity index (χ0v) is 17.3. The van der Waals surface area contributed by atoms with Gasteiger partial charge >= 0.3 is 0 Å². The lowest BCUT2D eigenvalue weighted by Gasteiger charge is -2.27. The number of morpholine rings is 1. The number of nitrogens with two attached hydrogens (primary N) is 1. The van der Waals surface area contributed by atoms with Crippen molar-refractivity contribution in [3.63, 3.8) is 0 Å². The lowest BCUT2D eigenvalue weighted by atomic mass is 10.1. The standard InChI is InChI=1S/C19H28N4O4.ClH/c1-12(2)17(20)18(25)21-11-16(24)22-15-10-14(5-4-13(15)3)19(26)23-6-8-27-9-7-23;/h4-5,10,12,17H,6-9,11,20H2,1-3H3,(H,21,25)(H,22,24);1H/t17-;/m0./s1. The number of aryl methyl sites for hydroxylation is 1. The van der Waals surface area contributed by atoms with E-state index in [4.69, 9.17) is 10.5 Å². The van der Waals surface area contributed by atoms with Crippen molar-refractivity contribution in [2.24, 2.45) is 11.7 Å². The minimum absolute atomic E-state index is 0. The highest BCUT2D eigenvalue weighted by Gasteiger charge is 2.20. The molecule has 8 nitrogen and oxygen atoms in total. The van der Waals surface area contributed by atoms with Crippen molar-refractivity contribution in [3.05, 3.63) is 29.3 Å². The lowest BCUT2D eigenvalue weighted by molar-refractivity contribution is -0.125. The van der Waals surface area contributed by atoms with Crippen LogP contribution >= 0.6 is 12.4 Å². The van der Waals surface area contributed by atoms with Gasteiger partial charge in [0.15, 0.2) is 0 Å². The predicted molar refractivity (Wildman–Crippen MR) is 110 cm³/mol. The molecule has 2 rings (SSSR count). The van der Waals surface area contributed by atoms with Crippen LogP contribution in [0.2, 0.25) is 0 Å². The average molecular weight is 413 g/mol. The molecule has 0 spiro atoms. The summed E-state index contributed by atoms with van der Waals surface area (Å²) in [5, 5.41) is 5.27. The van der Waals surface area contributed by atoms with E-state index in [0.29, 0.717) is 37.6 Å². The van der Waals surface area contributed by atoms with Crippen molar-refractivity contribution in [1.29, 1.82) is 0 Å². The minimum atomic E-state index is -0.658. The van der Waals surface area contributed by atoms with E-state index in [-0.39, 0.29) is 42.6 Å². The Hall–Kier alpha value is -2.16. The highest BCUT2D eigenvalue weighted by molar-refractivity contribution is 5.99. The van der Waals surface area contributed by atoms with E-state index >= 15 is 0 Å². The monoisotopic (exact) mass is 412 g/mol. The van der Waals surface area contributed by atoms with E-state index in [2.05, 4.69) is 10.6 Å². The molecule has 1 aromatic rings. The molecule has 0 unspecified atom stereocenters. The van der Waals surface area contributed by atoms with Crippen LogP contribution in [-0.4, -0.2) is 61.5 Å². The molecule has 1 atom stereocenters. The van der Waals surface area contributed by atoms with Gasteiger partial charge in [-0.15, -0.1) is 12.4 Å². The van der Waals surface area contributed by atoms with Crippen LogP contribution in [0.25, 0.3) is 0 Å². The van der Waals surface area contributed by atoms with Crippen molar-refractivity contribution in [2.75, 3.05) is 38.2 Å². The van der Waals surface area contributed by atoms with Gasteiger partial charge in [0.05, 0.1) is 25.8 Å². The van der Waals surface area contributed by atoms with Crippen LogP contribution in [0.4, 0.5) is 5.69 Å². The number of nitrogens with one attached hydrogen (secondary N) is 2. The molecule has 3 amide bonds. The average Bonchev–Trinajstić information content (AvgIpc) is 2.67. The Bertz CT molecular complexity index is 705. The van der Waals surface area contributed by atoms with E-state index in [9.17, 15) is 14.4 Å². The van der Waals surface area contributed by atoms with Crippen molar-refractivity contribution in [1.82, 2.24) is 10.2 Å². The zero-order chi connectivity index (χ0) is 20.0. The molecule has 1 heterocycles. The molecule has 1 aliphatic rings. The van der Waals surface area contributed by atoms with Crippen molar-refractivity contribution in [2.45, 2.75) is 26.8 Å². The largest absolute Gasteiger partial charge is 0.378 e. The quantitative estimate of drug-likeness (QED) is 0.643.